The van der Waals surface area contributed by atoms with Crippen LogP contribution in [0.25, 0.3) is 0 Å². The van der Waals surface area contributed by atoms with Crippen molar-refractivity contribution in [3.05, 3.63) is 41.0 Å². The van der Waals surface area contributed by atoms with Crippen molar-refractivity contribution in [2.45, 2.75) is 51.6 Å². The highest BCUT2D eigenvalue weighted by Crippen LogP contribution is 2.40. The molecule has 9 heteroatoms. The van der Waals surface area contributed by atoms with Gasteiger partial charge < -0.3 is 15.0 Å². The molecule has 1 aromatic heterocycles. The molecule has 1 aliphatic carbocycles. The Kier molecular flexibility index (Phi) is 5.51. The van der Waals surface area contributed by atoms with Crippen LogP contribution in [0.1, 0.15) is 51.6 Å². The molecule has 8 nitrogen and oxygen atoms in total. The van der Waals surface area contributed by atoms with Crippen molar-refractivity contribution in [1.29, 1.82) is 0 Å². The highest BCUT2D eigenvalue weighted by atomic mass is 35.5. The van der Waals surface area contributed by atoms with Crippen LogP contribution in [0.3, 0.4) is 0 Å². The fourth-order valence-corrected chi connectivity index (χ4v) is 3.70. The van der Waals surface area contributed by atoms with E-state index in [1.54, 1.807) is 56.0 Å². The smallest absolute Gasteiger partial charge is 0.437 e. The summed E-state index contributed by atoms with van der Waals surface area (Å²) in [5.41, 5.74) is 0.714. The number of carbonyl (C=O) groups excluding carboxylic acids is 3. The molecule has 1 saturated heterocycles. The van der Waals surface area contributed by atoms with Crippen molar-refractivity contribution >= 4 is 41.0 Å². The molecule has 4 rings (SSSR count). The molecule has 2 aromatic rings. The zero-order chi connectivity index (χ0) is 22.3. The first-order valence-electron chi connectivity index (χ1n) is 10.3. The van der Waals surface area contributed by atoms with Crippen molar-refractivity contribution in [2.75, 3.05) is 16.8 Å². The number of aromatic nitrogens is 2. The Morgan fingerprint density at radius 1 is 1.23 bits per heavy atom. The number of ether oxygens (including phenoxy) is 1. The van der Waals surface area contributed by atoms with E-state index >= 15 is 0 Å². The van der Waals surface area contributed by atoms with Crippen molar-refractivity contribution in [1.82, 2.24) is 9.78 Å². The number of nitrogens with one attached hydrogen (secondary N) is 1. The normalized spacial score (nSPS) is 18.9. The van der Waals surface area contributed by atoms with Crippen LogP contribution in [0.5, 0.6) is 0 Å². The number of rotatable bonds is 4. The average Bonchev–Trinajstić information content (AvgIpc) is 3.32. The lowest BCUT2D eigenvalue weighted by molar-refractivity contribution is -0.122. The molecular formula is C22H25ClN4O4. The summed E-state index contributed by atoms with van der Waals surface area (Å²) in [7, 11) is 0. The fraction of sp³-hybridized carbons (Fsp3) is 0.455. The predicted octanol–water partition coefficient (Wildman–Crippen LogP) is 4.19. The highest BCUT2D eigenvalue weighted by molar-refractivity contribution is 6.31. The van der Waals surface area contributed by atoms with Gasteiger partial charge in [0.25, 0.3) is 0 Å². The largest absolute Gasteiger partial charge is 0.442 e. The second-order valence-electron chi connectivity index (χ2n) is 9.00. The summed E-state index contributed by atoms with van der Waals surface area (Å²) in [5.74, 6) is -0.495. The van der Waals surface area contributed by atoms with Gasteiger partial charge in [-0.1, -0.05) is 17.7 Å². The van der Waals surface area contributed by atoms with Crippen LogP contribution in [0.4, 0.5) is 16.3 Å². The molecule has 1 saturated carbocycles. The average molecular weight is 445 g/mol. The maximum atomic E-state index is 12.9. The first kappa shape index (κ1) is 21.4. The molecule has 0 spiro atoms. The maximum Gasteiger partial charge on any atom is 0.437 e. The van der Waals surface area contributed by atoms with Crippen molar-refractivity contribution in [3.63, 3.8) is 0 Å². The van der Waals surface area contributed by atoms with Gasteiger partial charge in [0.05, 0.1) is 11.6 Å². The number of hydrogen-bond acceptors (Lipinski definition) is 5. The molecule has 0 bridgehead atoms. The quantitative estimate of drug-likeness (QED) is 0.763. The van der Waals surface area contributed by atoms with E-state index in [1.165, 1.54) is 0 Å². The van der Waals surface area contributed by atoms with Gasteiger partial charge in [0.15, 0.2) is 0 Å². The SMILES string of the molecule is CC(C)(C)OC(=O)n1nc(C2CC2)cc1NC(=O)C1CC(=O)N(c2cccc(Cl)c2)C1. The summed E-state index contributed by atoms with van der Waals surface area (Å²) < 4.78 is 6.52. The van der Waals surface area contributed by atoms with E-state index in [0.29, 0.717) is 16.6 Å². The molecule has 2 amide bonds. The Balaban J connectivity index is 1.50. The molecule has 31 heavy (non-hydrogen) atoms. The van der Waals surface area contributed by atoms with E-state index in [4.69, 9.17) is 16.3 Å². The number of carbonyl (C=O) groups is 3. The lowest BCUT2D eigenvalue weighted by Crippen LogP contribution is -2.31. The minimum atomic E-state index is -0.695. The second kappa shape index (κ2) is 8.00. The van der Waals surface area contributed by atoms with Gasteiger partial charge in [-0.15, -0.1) is 4.68 Å². The summed E-state index contributed by atoms with van der Waals surface area (Å²) in [6.07, 6.45) is 1.43. The Morgan fingerprint density at radius 2 is 1.97 bits per heavy atom. The van der Waals surface area contributed by atoms with Gasteiger partial charge in [0.1, 0.15) is 11.4 Å². The van der Waals surface area contributed by atoms with E-state index in [0.717, 1.165) is 23.2 Å². The first-order chi connectivity index (χ1) is 14.6. The van der Waals surface area contributed by atoms with Gasteiger partial charge in [-0.3, -0.25) is 9.59 Å². The van der Waals surface area contributed by atoms with Gasteiger partial charge in [-0.05, 0) is 51.8 Å². The summed E-state index contributed by atoms with van der Waals surface area (Å²) in [5, 5.41) is 7.66. The highest BCUT2D eigenvalue weighted by Gasteiger charge is 2.36. The summed E-state index contributed by atoms with van der Waals surface area (Å²) >= 11 is 6.03. The van der Waals surface area contributed by atoms with E-state index in [1.807, 2.05) is 0 Å². The van der Waals surface area contributed by atoms with Crippen LogP contribution in [0, 0.1) is 5.92 Å². The van der Waals surface area contributed by atoms with Gasteiger partial charge in [-0.2, -0.15) is 5.10 Å². The third-order valence-electron chi connectivity index (χ3n) is 5.16. The Bertz CT molecular complexity index is 1040. The second-order valence-corrected chi connectivity index (χ2v) is 9.43. The predicted molar refractivity (Wildman–Crippen MR) is 116 cm³/mol. The molecule has 1 aliphatic heterocycles. The molecule has 164 valence electrons. The minimum Gasteiger partial charge on any atom is -0.442 e. The number of hydrogen-bond donors (Lipinski definition) is 1. The van der Waals surface area contributed by atoms with E-state index in [2.05, 4.69) is 10.4 Å². The third kappa shape index (κ3) is 4.90. The molecular weight excluding hydrogens is 420 g/mol. The molecule has 2 heterocycles. The van der Waals surface area contributed by atoms with Crippen LogP contribution in [-0.2, 0) is 14.3 Å². The molecule has 2 aliphatic rings. The summed E-state index contributed by atoms with van der Waals surface area (Å²) in [4.78, 5) is 39.6. The zero-order valence-electron chi connectivity index (χ0n) is 17.7. The van der Waals surface area contributed by atoms with Gasteiger partial charge in [-0.25, -0.2) is 4.79 Å². The zero-order valence-corrected chi connectivity index (χ0v) is 18.5. The third-order valence-corrected chi connectivity index (χ3v) is 5.39. The van der Waals surface area contributed by atoms with Gasteiger partial charge in [0.2, 0.25) is 11.8 Å². The fourth-order valence-electron chi connectivity index (χ4n) is 3.52. The van der Waals surface area contributed by atoms with E-state index in [-0.39, 0.29) is 30.6 Å². The number of amides is 2. The number of anilines is 2. The van der Waals surface area contributed by atoms with Crippen LogP contribution in [0.2, 0.25) is 5.02 Å². The number of benzene rings is 1. The monoisotopic (exact) mass is 444 g/mol. The van der Waals surface area contributed by atoms with Crippen LogP contribution < -0.4 is 10.2 Å². The van der Waals surface area contributed by atoms with Crippen LogP contribution >= 0.6 is 11.6 Å². The summed E-state index contributed by atoms with van der Waals surface area (Å²) in [6.45, 7) is 5.54. The molecule has 2 fully saturated rings. The minimum absolute atomic E-state index is 0.0778. The van der Waals surface area contributed by atoms with Crippen LogP contribution in [-0.4, -0.2) is 39.8 Å². The van der Waals surface area contributed by atoms with E-state index < -0.39 is 17.6 Å². The topological polar surface area (TPSA) is 93.5 Å². The number of nitrogens with zero attached hydrogens (tertiary/aromatic N) is 3. The van der Waals surface area contributed by atoms with Crippen molar-refractivity contribution < 1.29 is 19.1 Å². The standard InChI is InChI=1S/C22H25ClN4O4/c1-22(2,3)31-21(30)27-18(11-17(25-27)13-7-8-13)24-20(29)14-9-19(28)26(12-14)16-6-4-5-15(23)10-16/h4-6,10-11,13-14H,7-9,12H2,1-3H3,(H,24,29). The summed E-state index contributed by atoms with van der Waals surface area (Å²) in [6, 6.07) is 8.68. The molecule has 1 aromatic carbocycles. The molecule has 1 unspecified atom stereocenters. The molecule has 1 atom stereocenters. The van der Waals surface area contributed by atoms with Crippen LogP contribution in [0.15, 0.2) is 30.3 Å². The maximum absolute atomic E-state index is 12.9. The Hall–Kier alpha value is -2.87. The van der Waals surface area contributed by atoms with Crippen molar-refractivity contribution in [3.8, 4) is 0 Å². The lowest BCUT2D eigenvalue weighted by atomic mass is 10.1. The molecule has 0 radical (unpaired) electrons. The first-order valence-corrected chi connectivity index (χ1v) is 10.7. The Morgan fingerprint density at radius 3 is 2.61 bits per heavy atom. The lowest BCUT2D eigenvalue weighted by Gasteiger charge is -2.20. The van der Waals surface area contributed by atoms with Gasteiger partial charge in [0, 0.05) is 35.7 Å². The van der Waals surface area contributed by atoms with Gasteiger partial charge >= 0.3 is 6.09 Å². The van der Waals surface area contributed by atoms with E-state index in [9.17, 15) is 14.4 Å². The number of halogens is 1. The van der Waals surface area contributed by atoms with Crippen molar-refractivity contribution in [2.24, 2.45) is 5.92 Å². The molecule has 1 N–H and O–H groups in total. The Labute approximate surface area is 185 Å².